The van der Waals surface area contributed by atoms with Gasteiger partial charge in [-0.25, -0.2) is 4.79 Å². The summed E-state index contributed by atoms with van der Waals surface area (Å²) in [6, 6.07) is -0.532. The molecule has 0 bridgehead atoms. The minimum Gasteiger partial charge on any atom is -0.359 e. The Morgan fingerprint density at radius 2 is 1.94 bits per heavy atom. The van der Waals surface area contributed by atoms with Gasteiger partial charge in [0.2, 0.25) is 11.8 Å². The summed E-state index contributed by atoms with van der Waals surface area (Å²) in [7, 11) is 3.05. The summed E-state index contributed by atoms with van der Waals surface area (Å²) >= 11 is 5.37. The first-order chi connectivity index (χ1) is 7.92. The van der Waals surface area contributed by atoms with Crippen molar-refractivity contribution in [2.75, 3.05) is 26.5 Å². The lowest BCUT2D eigenvalue weighted by molar-refractivity contribution is -0.124. The van der Waals surface area contributed by atoms with E-state index in [-0.39, 0.29) is 30.7 Å². The lowest BCUT2D eigenvalue weighted by Gasteiger charge is -2.20. The van der Waals surface area contributed by atoms with Gasteiger partial charge in [0, 0.05) is 32.9 Å². The molecule has 4 amide bonds. The maximum Gasteiger partial charge on any atom is 0.323 e. The molecule has 0 radical (unpaired) electrons. The van der Waals surface area contributed by atoms with Gasteiger partial charge in [-0.3, -0.25) is 14.9 Å². The van der Waals surface area contributed by atoms with Crippen LogP contribution >= 0.6 is 11.6 Å². The van der Waals surface area contributed by atoms with Gasteiger partial charge in [0.05, 0.1) is 5.92 Å². The predicted molar refractivity (Wildman–Crippen MR) is 64.7 cm³/mol. The number of amides is 4. The van der Waals surface area contributed by atoms with Crippen LogP contribution in [0, 0.1) is 5.92 Å². The molecule has 1 atom stereocenters. The lowest BCUT2D eigenvalue weighted by Crippen LogP contribution is -2.44. The Hall–Kier alpha value is -1.30. The van der Waals surface area contributed by atoms with E-state index in [9.17, 15) is 14.4 Å². The van der Waals surface area contributed by atoms with Crippen molar-refractivity contribution in [2.24, 2.45) is 5.92 Å². The molecule has 6 nitrogen and oxygen atoms in total. The van der Waals surface area contributed by atoms with Gasteiger partial charge in [0.1, 0.15) is 0 Å². The number of urea groups is 1. The largest absolute Gasteiger partial charge is 0.359 e. The van der Waals surface area contributed by atoms with Crippen LogP contribution in [0.1, 0.15) is 13.3 Å². The van der Waals surface area contributed by atoms with Gasteiger partial charge >= 0.3 is 6.03 Å². The first-order valence-corrected chi connectivity index (χ1v) is 5.78. The highest BCUT2D eigenvalue weighted by molar-refractivity contribution is 6.19. The Morgan fingerprint density at radius 3 is 2.41 bits per heavy atom. The van der Waals surface area contributed by atoms with E-state index < -0.39 is 11.9 Å². The molecule has 0 aliphatic carbocycles. The van der Waals surface area contributed by atoms with Crippen LogP contribution in [-0.4, -0.2) is 49.3 Å². The molecule has 98 valence electrons. The Balaban J connectivity index is 4.13. The van der Waals surface area contributed by atoms with E-state index in [1.54, 1.807) is 6.92 Å². The van der Waals surface area contributed by atoms with Gasteiger partial charge in [-0.05, 0) is 0 Å². The second-order valence-corrected chi connectivity index (χ2v) is 4.07. The molecule has 7 heteroatoms. The number of alkyl halides is 1. The quantitative estimate of drug-likeness (QED) is 0.694. The van der Waals surface area contributed by atoms with Gasteiger partial charge in [0.15, 0.2) is 0 Å². The Bertz CT molecular complexity index is 297. The fourth-order valence-electron chi connectivity index (χ4n) is 1.19. The molecule has 17 heavy (non-hydrogen) atoms. The minimum atomic E-state index is -0.532. The van der Waals surface area contributed by atoms with Crippen molar-refractivity contribution in [2.45, 2.75) is 13.3 Å². The van der Waals surface area contributed by atoms with E-state index in [2.05, 4.69) is 10.6 Å². The molecular formula is C10H18ClN3O3. The number of hydrogen-bond donors (Lipinski definition) is 2. The maximum absolute atomic E-state index is 11.5. The van der Waals surface area contributed by atoms with Crippen LogP contribution < -0.4 is 10.6 Å². The Kier molecular flexibility index (Phi) is 7.29. The number of imide groups is 1. The zero-order valence-electron chi connectivity index (χ0n) is 10.2. The van der Waals surface area contributed by atoms with Crippen LogP contribution in [0.2, 0.25) is 0 Å². The highest BCUT2D eigenvalue weighted by Gasteiger charge is 2.18. The molecule has 0 aromatic heterocycles. The lowest BCUT2D eigenvalue weighted by atomic mass is 10.1. The topological polar surface area (TPSA) is 78.5 Å². The van der Waals surface area contributed by atoms with E-state index in [1.165, 1.54) is 19.0 Å². The number of nitrogens with zero attached hydrogens (tertiary/aromatic N) is 1. The van der Waals surface area contributed by atoms with E-state index in [0.717, 1.165) is 0 Å². The third kappa shape index (κ3) is 6.11. The van der Waals surface area contributed by atoms with E-state index in [4.69, 9.17) is 11.6 Å². The highest BCUT2D eigenvalue weighted by atomic mass is 35.5. The molecule has 0 spiro atoms. The molecule has 0 aromatic carbocycles. The Morgan fingerprint density at radius 1 is 1.35 bits per heavy atom. The van der Waals surface area contributed by atoms with Gasteiger partial charge in [0.25, 0.3) is 0 Å². The van der Waals surface area contributed by atoms with Gasteiger partial charge in [-0.15, -0.1) is 11.6 Å². The van der Waals surface area contributed by atoms with Crippen LogP contribution in [-0.2, 0) is 9.59 Å². The molecule has 0 aliphatic heterocycles. The van der Waals surface area contributed by atoms with Crippen LogP contribution in [0.4, 0.5) is 4.79 Å². The van der Waals surface area contributed by atoms with Crippen molar-refractivity contribution in [1.29, 1.82) is 0 Å². The minimum absolute atomic E-state index is 0.0894. The second kappa shape index (κ2) is 7.89. The highest BCUT2D eigenvalue weighted by Crippen LogP contribution is 1.98. The van der Waals surface area contributed by atoms with Gasteiger partial charge in [-0.1, -0.05) is 6.92 Å². The predicted octanol–water partition coefficient (Wildman–Crippen LogP) is 0.165. The number of hydrogen-bond acceptors (Lipinski definition) is 3. The van der Waals surface area contributed by atoms with E-state index in [0.29, 0.717) is 0 Å². The van der Waals surface area contributed by atoms with Crippen LogP contribution in [0.25, 0.3) is 0 Å². The number of carbonyl (C=O) groups excluding carboxylic acids is 3. The average molecular weight is 264 g/mol. The average Bonchev–Trinajstić information content (AvgIpc) is 2.27. The molecule has 0 rings (SSSR count). The zero-order chi connectivity index (χ0) is 13.4. The summed E-state index contributed by atoms with van der Waals surface area (Å²) in [5.74, 6) is -0.752. The summed E-state index contributed by atoms with van der Waals surface area (Å²) in [6.45, 7) is 1.93. The van der Waals surface area contributed by atoms with Crippen molar-refractivity contribution in [3.05, 3.63) is 0 Å². The number of nitrogens with one attached hydrogen (secondary N) is 2. The monoisotopic (exact) mass is 263 g/mol. The molecule has 2 N–H and O–H groups in total. The summed E-state index contributed by atoms with van der Waals surface area (Å²) in [5, 5.41) is 4.66. The molecule has 0 heterocycles. The van der Waals surface area contributed by atoms with E-state index in [1.807, 2.05) is 0 Å². The first kappa shape index (κ1) is 15.7. The normalized spacial score (nSPS) is 11.5. The molecule has 0 saturated carbocycles. The second-order valence-electron chi connectivity index (χ2n) is 3.69. The van der Waals surface area contributed by atoms with Crippen LogP contribution in [0.15, 0.2) is 0 Å². The summed E-state index contributed by atoms with van der Waals surface area (Å²) in [5.41, 5.74) is 0. The number of carbonyl (C=O) groups is 3. The fraction of sp³-hybridized carbons (Fsp3) is 0.700. The van der Waals surface area contributed by atoms with Crippen LogP contribution in [0.5, 0.6) is 0 Å². The summed E-state index contributed by atoms with van der Waals surface area (Å²) in [4.78, 5) is 35.1. The Labute approximate surface area is 106 Å². The zero-order valence-corrected chi connectivity index (χ0v) is 11.0. The third-order valence-electron chi connectivity index (χ3n) is 2.16. The fourth-order valence-corrected chi connectivity index (χ4v) is 1.36. The summed E-state index contributed by atoms with van der Waals surface area (Å²) < 4.78 is 0. The molecule has 0 saturated heterocycles. The molecular weight excluding hydrogens is 246 g/mol. The smallest absolute Gasteiger partial charge is 0.323 e. The number of rotatable bonds is 5. The first-order valence-electron chi connectivity index (χ1n) is 5.24. The maximum atomic E-state index is 11.5. The van der Waals surface area contributed by atoms with Gasteiger partial charge in [-0.2, -0.15) is 0 Å². The third-order valence-corrected chi connectivity index (χ3v) is 2.35. The SMILES string of the molecule is CNC(=O)C(C)CN(C)C(=O)NC(=O)CCCl. The standard InChI is InChI=1S/C10H18ClN3O3/c1-7(9(16)12-2)6-14(3)10(17)13-8(15)4-5-11/h7H,4-6H2,1-3H3,(H,12,16)(H,13,15,17). The van der Waals surface area contributed by atoms with Crippen molar-refractivity contribution in [3.8, 4) is 0 Å². The molecule has 0 aliphatic rings. The van der Waals surface area contributed by atoms with Crippen LogP contribution in [0.3, 0.4) is 0 Å². The van der Waals surface area contributed by atoms with E-state index >= 15 is 0 Å². The van der Waals surface area contributed by atoms with Crippen molar-refractivity contribution in [1.82, 2.24) is 15.5 Å². The van der Waals surface area contributed by atoms with Crippen molar-refractivity contribution >= 4 is 29.4 Å². The van der Waals surface area contributed by atoms with Gasteiger partial charge < -0.3 is 10.2 Å². The van der Waals surface area contributed by atoms with Crippen molar-refractivity contribution < 1.29 is 14.4 Å². The number of halogens is 1. The summed E-state index contributed by atoms with van der Waals surface area (Å²) in [6.07, 6.45) is 0.0894. The molecule has 0 aromatic rings. The molecule has 0 fully saturated rings. The molecule has 1 unspecified atom stereocenters. The van der Waals surface area contributed by atoms with Crippen molar-refractivity contribution in [3.63, 3.8) is 0 Å².